The van der Waals surface area contributed by atoms with Crippen LogP contribution in [0.25, 0.3) is 0 Å². The van der Waals surface area contributed by atoms with Gasteiger partial charge in [-0.2, -0.15) is 13.2 Å². The molecule has 0 radical (unpaired) electrons. The molecule has 0 aliphatic heterocycles. The molecule has 0 aromatic carbocycles. The van der Waals surface area contributed by atoms with Crippen molar-refractivity contribution in [2.45, 2.75) is 49.9 Å². The number of alkyl halides is 3. The summed E-state index contributed by atoms with van der Waals surface area (Å²) >= 11 is 1.03. The second-order valence-electron chi connectivity index (χ2n) is 5.43. The Balaban J connectivity index is 1.66. The molecular formula is C13H19F3N4OS. The molecule has 0 atom stereocenters. The van der Waals surface area contributed by atoms with Crippen molar-refractivity contribution in [2.24, 2.45) is 5.92 Å². The summed E-state index contributed by atoms with van der Waals surface area (Å²) in [6, 6.07) is 0. The van der Waals surface area contributed by atoms with Crippen LogP contribution in [0.5, 0.6) is 0 Å². The first-order valence-electron chi connectivity index (χ1n) is 7.30. The Morgan fingerprint density at radius 2 is 2.09 bits per heavy atom. The number of nitrogens with one attached hydrogen (secondary N) is 2. The molecule has 1 aromatic rings. The van der Waals surface area contributed by atoms with E-state index in [1.165, 1.54) is 25.7 Å². The molecule has 0 saturated heterocycles. The number of hydrogen-bond acceptors (Lipinski definition) is 4. The lowest BCUT2D eigenvalue weighted by Crippen LogP contribution is -2.34. The summed E-state index contributed by atoms with van der Waals surface area (Å²) in [5.41, 5.74) is 0. The summed E-state index contributed by atoms with van der Waals surface area (Å²) in [6.45, 7) is -1.31. The van der Waals surface area contributed by atoms with Gasteiger partial charge in [0.05, 0.1) is 5.75 Å². The number of thioether (sulfide) groups is 1. The monoisotopic (exact) mass is 336 g/mol. The van der Waals surface area contributed by atoms with E-state index in [9.17, 15) is 18.0 Å². The lowest BCUT2D eigenvalue weighted by atomic mass is 10.0. The molecule has 1 amide bonds. The molecule has 0 unspecified atom stereocenters. The van der Waals surface area contributed by atoms with Gasteiger partial charge in [0.1, 0.15) is 12.4 Å². The van der Waals surface area contributed by atoms with Crippen LogP contribution in [0.15, 0.2) is 5.16 Å². The van der Waals surface area contributed by atoms with E-state index in [1.807, 2.05) is 5.32 Å². The van der Waals surface area contributed by atoms with Gasteiger partial charge in [0.25, 0.3) is 0 Å². The highest BCUT2D eigenvalue weighted by atomic mass is 32.2. The zero-order chi connectivity index (χ0) is 16.0. The van der Waals surface area contributed by atoms with E-state index in [-0.39, 0.29) is 5.75 Å². The summed E-state index contributed by atoms with van der Waals surface area (Å²) in [6.07, 6.45) is 2.65. The summed E-state index contributed by atoms with van der Waals surface area (Å²) < 4.78 is 35.8. The van der Waals surface area contributed by atoms with E-state index in [4.69, 9.17) is 0 Å². The molecule has 1 aromatic heterocycles. The quantitative estimate of drug-likeness (QED) is 0.751. The van der Waals surface area contributed by atoms with Gasteiger partial charge in [0.2, 0.25) is 11.1 Å². The molecule has 2 N–H and O–H groups in total. The summed E-state index contributed by atoms with van der Waals surface area (Å²) in [4.78, 5) is 15.5. The van der Waals surface area contributed by atoms with Crippen molar-refractivity contribution >= 4 is 17.7 Å². The van der Waals surface area contributed by atoms with Crippen LogP contribution in [-0.2, 0) is 11.2 Å². The zero-order valence-electron chi connectivity index (χ0n) is 12.1. The number of aromatic nitrogens is 3. The average molecular weight is 336 g/mol. The lowest BCUT2D eigenvalue weighted by molar-refractivity contribution is -0.136. The van der Waals surface area contributed by atoms with E-state index < -0.39 is 18.6 Å². The molecule has 1 aliphatic carbocycles. The van der Waals surface area contributed by atoms with Gasteiger partial charge in [0.15, 0.2) is 0 Å². The normalized spacial score (nSPS) is 16.1. The Morgan fingerprint density at radius 1 is 1.36 bits per heavy atom. The van der Waals surface area contributed by atoms with Crippen molar-refractivity contribution < 1.29 is 18.0 Å². The van der Waals surface area contributed by atoms with E-state index in [0.29, 0.717) is 5.16 Å². The van der Waals surface area contributed by atoms with Crippen LogP contribution in [-0.4, -0.2) is 39.6 Å². The molecule has 1 saturated carbocycles. The van der Waals surface area contributed by atoms with E-state index in [0.717, 1.165) is 36.3 Å². The van der Waals surface area contributed by atoms with Gasteiger partial charge in [-0.25, -0.2) is 4.98 Å². The largest absolute Gasteiger partial charge is 0.405 e. The molecule has 9 heteroatoms. The summed E-state index contributed by atoms with van der Waals surface area (Å²) in [7, 11) is 0. The van der Waals surface area contributed by atoms with Gasteiger partial charge in [0, 0.05) is 6.42 Å². The number of carbonyl (C=O) groups is 1. The molecule has 124 valence electrons. The number of nitrogens with zero attached hydrogens (tertiary/aromatic N) is 2. The second kappa shape index (κ2) is 7.85. The van der Waals surface area contributed by atoms with Crippen molar-refractivity contribution in [3.8, 4) is 0 Å². The first kappa shape index (κ1) is 17.1. The average Bonchev–Trinajstić information content (AvgIpc) is 3.11. The van der Waals surface area contributed by atoms with Crippen molar-refractivity contribution in [2.75, 3.05) is 12.3 Å². The van der Waals surface area contributed by atoms with E-state index in [2.05, 4.69) is 15.2 Å². The third-order valence-electron chi connectivity index (χ3n) is 3.59. The molecule has 2 rings (SSSR count). The molecule has 0 spiro atoms. The first-order valence-corrected chi connectivity index (χ1v) is 8.28. The minimum absolute atomic E-state index is 0.129. The molecular weight excluding hydrogens is 317 g/mol. The number of rotatable bonds is 7. The second-order valence-corrected chi connectivity index (χ2v) is 6.38. The smallest absolute Gasteiger partial charge is 0.346 e. The Kier molecular flexibility index (Phi) is 6.10. The van der Waals surface area contributed by atoms with Gasteiger partial charge >= 0.3 is 6.18 Å². The van der Waals surface area contributed by atoms with Crippen LogP contribution in [0, 0.1) is 5.92 Å². The highest BCUT2D eigenvalue weighted by Crippen LogP contribution is 2.28. The van der Waals surface area contributed by atoms with Crippen LogP contribution < -0.4 is 5.32 Å². The van der Waals surface area contributed by atoms with E-state index in [1.54, 1.807) is 0 Å². The van der Waals surface area contributed by atoms with Gasteiger partial charge in [-0.15, -0.1) is 5.10 Å². The highest BCUT2D eigenvalue weighted by molar-refractivity contribution is 7.99. The molecule has 22 heavy (non-hydrogen) atoms. The fraction of sp³-hybridized carbons (Fsp3) is 0.769. The zero-order valence-corrected chi connectivity index (χ0v) is 12.9. The number of aryl methyl sites for hydroxylation is 1. The van der Waals surface area contributed by atoms with Crippen molar-refractivity contribution in [3.63, 3.8) is 0 Å². The number of H-pyrrole nitrogens is 1. The van der Waals surface area contributed by atoms with Crippen molar-refractivity contribution in [1.82, 2.24) is 20.5 Å². The van der Waals surface area contributed by atoms with Crippen molar-refractivity contribution in [1.29, 1.82) is 0 Å². The third kappa shape index (κ3) is 6.25. The number of halogens is 3. The Labute approximate surface area is 130 Å². The minimum atomic E-state index is -4.39. The Bertz CT molecular complexity index is 486. The van der Waals surface area contributed by atoms with Crippen LogP contribution in [0.4, 0.5) is 13.2 Å². The summed E-state index contributed by atoms with van der Waals surface area (Å²) in [5.74, 6) is 0.717. The molecule has 1 heterocycles. The van der Waals surface area contributed by atoms with Gasteiger partial charge < -0.3 is 5.32 Å². The third-order valence-corrected chi connectivity index (χ3v) is 4.44. The Morgan fingerprint density at radius 3 is 2.77 bits per heavy atom. The molecule has 1 fully saturated rings. The van der Waals surface area contributed by atoms with Crippen molar-refractivity contribution in [3.05, 3.63) is 5.82 Å². The number of aromatic amines is 1. The number of hydrogen-bond donors (Lipinski definition) is 2. The maximum Gasteiger partial charge on any atom is 0.405 e. The highest BCUT2D eigenvalue weighted by Gasteiger charge is 2.27. The van der Waals surface area contributed by atoms with Crippen LogP contribution in [0.1, 0.15) is 37.9 Å². The predicted molar refractivity (Wildman–Crippen MR) is 76.5 cm³/mol. The van der Waals surface area contributed by atoms with Gasteiger partial charge in [-0.05, 0) is 12.3 Å². The summed E-state index contributed by atoms with van der Waals surface area (Å²) in [5, 5.41) is 8.99. The maximum absolute atomic E-state index is 11.9. The first-order chi connectivity index (χ1) is 10.4. The fourth-order valence-electron chi connectivity index (χ4n) is 2.47. The van der Waals surface area contributed by atoms with Crippen LogP contribution >= 0.6 is 11.8 Å². The van der Waals surface area contributed by atoms with E-state index >= 15 is 0 Å². The van der Waals surface area contributed by atoms with Crippen LogP contribution in [0.3, 0.4) is 0 Å². The molecule has 1 aliphatic rings. The SMILES string of the molecule is O=C(CSc1n[nH]c(CCC2CCCC2)n1)NCC(F)(F)F. The number of carbonyl (C=O) groups excluding carboxylic acids is 1. The standard InChI is InChI=1S/C13H19F3N4OS/c14-13(15,16)8-17-11(21)7-22-12-18-10(19-20-12)6-5-9-3-1-2-4-9/h9H,1-8H2,(H,17,21)(H,18,19,20). The van der Waals surface area contributed by atoms with Crippen LogP contribution in [0.2, 0.25) is 0 Å². The minimum Gasteiger partial charge on any atom is -0.346 e. The van der Waals surface area contributed by atoms with Gasteiger partial charge in [-0.3, -0.25) is 9.89 Å². The van der Waals surface area contributed by atoms with Gasteiger partial charge in [-0.1, -0.05) is 37.4 Å². The maximum atomic E-state index is 11.9. The lowest BCUT2D eigenvalue weighted by Gasteiger charge is -2.07. The topological polar surface area (TPSA) is 70.7 Å². The molecule has 5 nitrogen and oxygen atoms in total. The predicted octanol–water partition coefficient (Wildman–Crippen LogP) is 2.70. The number of amides is 1. The fourth-order valence-corrected chi connectivity index (χ4v) is 3.12. The molecule has 0 bridgehead atoms. The Hall–Kier alpha value is -1.25.